The standard InChI is InChI=1S/C55H34N2O3/c1-3-10-35(11-4-1)36-18-25-41(26-19-36)57(43-29-22-38(23-30-43)44-15-9-17-50-54(44)46-14-7-8-16-49(46)58-50)42-27-20-37(21-28-42)40-24-31-45-47-33-48-53(34-52(47)59-51(45)32-40)60-55(56-48)39-12-5-2-6-13-39/h1-34H. The molecule has 0 N–H and O–H groups in total. The zero-order valence-corrected chi connectivity index (χ0v) is 32.2. The molecule has 5 nitrogen and oxygen atoms in total. The van der Waals surface area contributed by atoms with Gasteiger partial charge in [0.1, 0.15) is 27.8 Å². The highest BCUT2D eigenvalue weighted by Gasteiger charge is 2.18. The van der Waals surface area contributed by atoms with E-state index in [1.54, 1.807) is 0 Å². The van der Waals surface area contributed by atoms with Crippen molar-refractivity contribution < 1.29 is 13.3 Å². The third-order valence-electron chi connectivity index (χ3n) is 11.5. The molecule has 0 saturated heterocycles. The van der Waals surface area contributed by atoms with Gasteiger partial charge in [-0.25, -0.2) is 4.98 Å². The number of fused-ring (bicyclic) bond motifs is 7. The number of aromatic nitrogens is 1. The summed E-state index contributed by atoms with van der Waals surface area (Å²) in [5.74, 6) is 0.602. The van der Waals surface area contributed by atoms with E-state index in [2.05, 4.69) is 157 Å². The molecule has 0 radical (unpaired) electrons. The van der Waals surface area contributed by atoms with Gasteiger partial charge in [-0.1, -0.05) is 121 Å². The Morgan fingerprint density at radius 1 is 0.317 bits per heavy atom. The lowest BCUT2D eigenvalue weighted by Crippen LogP contribution is -2.09. The predicted octanol–water partition coefficient (Wildman–Crippen LogP) is 15.8. The van der Waals surface area contributed by atoms with Crippen LogP contribution >= 0.6 is 0 Å². The van der Waals surface area contributed by atoms with Gasteiger partial charge < -0.3 is 18.2 Å². The van der Waals surface area contributed by atoms with Crippen molar-refractivity contribution in [1.29, 1.82) is 0 Å². The summed E-state index contributed by atoms with van der Waals surface area (Å²) in [4.78, 5) is 7.10. The molecule has 0 amide bonds. The van der Waals surface area contributed by atoms with E-state index in [9.17, 15) is 0 Å². The first kappa shape index (κ1) is 33.9. The summed E-state index contributed by atoms with van der Waals surface area (Å²) in [5.41, 5.74) is 15.8. The normalized spacial score (nSPS) is 11.7. The van der Waals surface area contributed by atoms with Gasteiger partial charge in [0.2, 0.25) is 5.89 Å². The maximum Gasteiger partial charge on any atom is 0.227 e. The van der Waals surface area contributed by atoms with Gasteiger partial charge in [0, 0.05) is 50.2 Å². The number of anilines is 3. The minimum absolute atomic E-state index is 0.602. The van der Waals surface area contributed by atoms with Gasteiger partial charge in [-0.3, -0.25) is 0 Å². The summed E-state index contributed by atoms with van der Waals surface area (Å²) in [6.45, 7) is 0. The van der Waals surface area contributed by atoms with E-state index in [1.807, 2.05) is 54.6 Å². The molecular formula is C55H34N2O3. The van der Waals surface area contributed by atoms with Gasteiger partial charge >= 0.3 is 0 Å². The van der Waals surface area contributed by atoms with E-state index < -0.39 is 0 Å². The summed E-state index contributed by atoms with van der Waals surface area (Å²) >= 11 is 0. The molecule has 60 heavy (non-hydrogen) atoms. The highest BCUT2D eigenvalue weighted by molar-refractivity contribution is 6.12. The van der Waals surface area contributed by atoms with Gasteiger partial charge in [-0.15, -0.1) is 0 Å². The molecular weight excluding hydrogens is 737 g/mol. The second-order valence-electron chi connectivity index (χ2n) is 15.1. The minimum Gasteiger partial charge on any atom is -0.456 e. The number of hydrogen-bond acceptors (Lipinski definition) is 5. The van der Waals surface area contributed by atoms with Crippen molar-refractivity contribution in [3.05, 3.63) is 206 Å². The van der Waals surface area contributed by atoms with Gasteiger partial charge in [-0.2, -0.15) is 0 Å². The summed E-state index contributed by atoms with van der Waals surface area (Å²) < 4.78 is 18.8. The molecule has 0 aliphatic heterocycles. The van der Waals surface area contributed by atoms with E-state index in [0.29, 0.717) is 11.5 Å². The molecule has 0 aliphatic rings. The third kappa shape index (κ3) is 5.75. The highest BCUT2D eigenvalue weighted by atomic mass is 16.4. The van der Waals surface area contributed by atoms with Crippen LogP contribution in [-0.2, 0) is 0 Å². The lowest BCUT2D eigenvalue weighted by Gasteiger charge is -2.26. The maximum absolute atomic E-state index is 6.44. The highest BCUT2D eigenvalue weighted by Crippen LogP contribution is 2.41. The molecule has 0 spiro atoms. The van der Waals surface area contributed by atoms with Crippen LogP contribution in [0.2, 0.25) is 0 Å². The van der Waals surface area contributed by atoms with E-state index in [-0.39, 0.29) is 0 Å². The monoisotopic (exact) mass is 770 g/mol. The topological polar surface area (TPSA) is 55.6 Å². The van der Waals surface area contributed by atoms with Crippen molar-refractivity contribution in [3.63, 3.8) is 0 Å². The fourth-order valence-corrected chi connectivity index (χ4v) is 8.57. The Morgan fingerprint density at radius 2 is 0.867 bits per heavy atom. The van der Waals surface area contributed by atoms with E-state index in [4.69, 9.17) is 18.2 Å². The summed E-state index contributed by atoms with van der Waals surface area (Å²) in [6.07, 6.45) is 0. The molecule has 0 fully saturated rings. The Kier molecular flexibility index (Phi) is 7.78. The third-order valence-corrected chi connectivity index (χ3v) is 11.5. The van der Waals surface area contributed by atoms with Crippen LogP contribution < -0.4 is 4.90 Å². The first-order valence-electron chi connectivity index (χ1n) is 20.1. The van der Waals surface area contributed by atoms with Crippen molar-refractivity contribution in [3.8, 4) is 44.8 Å². The predicted molar refractivity (Wildman–Crippen MR) is 245 cm³/mol. The number of rotatable bonds is 7. The molecule has 0 bridgehead atoms. The van der Waals surface area contributed by atoms with E-state index in [0.717, 1.165) is 94.3 Å². The first-order chi connectivity index (χ1) is 29.7. The molecule has 0 saturated carbocycles. The van der Waals surface area contributed by atoms with Crippen LogP contribution in [0.15, 0.2) is 220 Å². The van der Waals surface area contributed by atoms with Gasteiger partial charge in [0.05, 0.1) is 0 Å². The molecule has 0 atom stereocenters. The van der Waals surface area contributed by atoms with Crippen LogP contribution in [0.25, 0.3) is 99.8 Å². The smallest absolute Gasteiger partial charge is 0.227 e. The fraction of sp³-hybridized carbons (Fsp3) is 0. The largest absolute Gasteiger partial charge is 0.456 e. The summed E-state index contributed by atoms with van der Waals surface area (Å²) in [7, 11) is 0. The zero-order chi connectivity index (χ0) is 39.6. The number of oxazole rings is 1. The van der Waals surface area contributed by atoms with Gasteiger partial charge in [0.25, 0.3) is 0 Å². The molecule has 0 aliphatic carbocycles. The Balaban J connectivity index is 0.897. The van der Waals surface area contributed by atoms with Crippen LogP contribution in [0.4, 0.5) is 17.1 Å². The number of nitrogens with zero attached hydrogens (tertiary/aromatic N) is 2. The summed E-state index contributed by atoms with van der Waals surface area (Å²) in [5, 5.41) is 4.32. The SMILES string of the molecule is c1ccc(-c2ccc(N(c3ccc(-c4ccc5c(c4)oc4cc6oc(-c7ccccc7)nc6cc45)cc3)c3ccc(-c4cccc5oc6ccccc6c45)cc3)cc2)cc1. The maximum atomic E-state index is 6.44. The number of benzene rings is 9. The molecule has 0 unspecified atom stereocenters. The Morgan fingerprint density at radius 3 is 1.58 bits per heavy atom. The Bertz CT molecular complexity index is 3510. The van der Waals surface area contributed by atoms with Crippen LogP contribution in [0, 0.1) is 0 Å². The van der Waals surface area contributed by atoms with Crippen molar-refractivity contribution >= 4 is 72.0 Å². The second-order valence-corrected chi connectivity index (χ2v) is 15.1. The van der Waals surface area contributed by atoms with Gasteiger partial charge in [0.15, 0.2) is 5.58 Å². The van der Waals surface area contributed by atoms with Crippen LogP contribution in [0.3, 0.4) is 0 Å². The Labute approximate surface area is 345 Å². The lowest BCUT2D eigenvalue weighted by molar-refractivity contribution is 0.617. The average Bonchev–Trinajstić information content (AvgIpc) is 4.02. The molecule has 3 aromatic heterocycles. The molecule has 5 heteroatoms. The van der Waals surface area contributed by atoms with Crippen molar-refractivity contribution in [1.82, 2.24) is 4.98 Å². The van der Waals surface area contributed by atoms with Crippen molar-refractivity contribution in [2.75, 3.05) is 4.90 Å². The van der Waals surface area contributed by atoms with Crippen molar-refractivity contribution in [2.45, 2.75) is 0 Å². The molecule has 3 heterocycles. The molecule has 12 rings (SSSR count). The number of para-hydroxylation sites is 1. The van der Waals surface area contributed by atoms with Crippen LogP contribution in [-0.4, -0.2) is 4.98 Å². The zero-order valence-electron chi connectivity index (χ0n) is 32.2. The van der Waals surface area contributed by atoms with Crippen LogP contribution in [0.1, 0.15) is 0 Å². The quantitative estimate of drug-likeness (QED) is 0.162. The van der Waals surface area contributed by atoms with Crippen LogP contribution in [0.5, 0.6) is 0 Å². The summed E-state index contributed by atoms with van der Waals surface area (Å²) in [6, 6.07) is 71.8. The molecule has 12 aromatic rings. The van der Waals surface area contributed by atoms with Gasteiger partial charge in [-0.05, 0) is 112 Å². The first-order valence-corrected chi connectivity index (χ1v) is 20.1. The fourth-order valence-electron chi connectivity index (χ4n) is 8.57. The van der Waals surface area contributed by atoms with E-state index >= 15 is 0 Å². The number of hydrogen-bond donors (Lipinski definition) is 0. The molecule has 9 aromatic carbocycles. The minimum atomic E-state index is 0.602. The average molecular weight is 771 g/mol. The van der Waals surface area contributed by atoms with Crippen molar-refractivity contribution in [2.24, 2.45) is 0 Å². The second kappa shape index (κ2) is 13.8. The lowest BCUT2D eigenvalue weighted by atomic mass is 9.99. The number of furan rings is 2. The Hall–Kier alpha value is -8.15. The molecule has 282 valence electrons. The van der Waals surface area contributed by atoms with E-state index in [1.165, 1.54) is 11.1 Å².